The number of rotatable bonds is 9. The van der Waals surface area contributed by atoms with Gasteiger partial charge in [-0.15, -0.1) is 11.3 Å². The van der Waals surface area contributed by atoms with Crippen LogP contribution in [0.5, 0.6) is 0 Å². The van der Waals surface area contributed by atoms with Gasteiger partial charge >= 0.3 is 0 Å². The van der Waals surface area contributed by atoms with Gasteiger partial charge in [0.2, 0.25) is 0 Å². The average Bonchev–Trinajstić information content (AvgIpc) is 3.52. The minimum atomic E-state index is 0.296. The molecule has 0 spiro atoms. The predicted octanol–water partition coefficient (Wildman–Crippen LogP) is 4.12. The molecule has 6 nitrogen and oxygen atoms in total. The summed E-state index contributed by atoms with van der Waals surface area (Å²) >= 11 is 1.80. The van der Waals surface area contributed by atoms with Crippen LogP contribution in [0.15, 0.2) is 45.3 Å². The number of nitrogens with one attached hydrogen (secondary N) is 1. The van der Waals surface area contributed by atoms with Crippen LogP contribution >= 0.6 is 11.3 Å². The highest BCUT2D eigenvalue weighted by molar-refractivity contribution is 7.09. The monoisotopic (exact) mass is 445 g/mol. The summed E-state index contributed by atoms with van der Waals surface area (Å²) in [6.45, 7) is 5.21. The number of guanidine groups is 1. The molecule has 1 N–H and O–H groups in total. The molecular weight excluding hydrogens is 410 g/mol. The first-order valence-corrected chi connectivity index (χ1v) is 12.6. The second-order valence-corrected chi connectivity index (χ2v) is 9.33. The molecule has 2 aliphatic rings. The van der Waals surface area contributed by atoms with Crippen LogP contribution < -0.4 is 5.32 Å². The fourth-order valence-electron chi connectivity index (χ4n) is 4.16. The SMILES string of the molecule is c1coc(CCNC(=NCCc2cccs2)N2CCC(OCC3CCCCO3)CC2)c1. The number of aliphatic imine (C=N–C) groups is 1. The number of hydrogen-bond acceptors (Lipinski definition) is 5. The zero-order valence-electron chi connectivity index (χ0n) is 18.3. The standard InChI is InChI=1S/C24H35N3O3S/c1-2-16-29-22(5-1)19-30-21-10-14-27(15-11-21)24(25-12-8-20-6-3-17-28-20)26-13-9-23-7-4-18-31-23/h3-4,6-7,17-18,21-22H,1-2,5,8-16,19H2,(H,25,26). The van der Waals surface area contributed by atoms with Crippen molar-refractivity contribution < 1.29 is 13.9 Å². The van der Waals surface area contributed by atoms with E-state index in [0.29, 0.717) is 12.2 Å². The Morgan fingerprint density at radius 2 is 2.10 bits per heavy atom. The highest BCUT2D eigenvalue weighted by atomic mass is 32.1. The largest absolute Gasteiger partial charge is 0.469 e. The van der Waals surface area contributed by atoms with Crippen LogP contribution in [0, 0.1) is 0 Å². The van der Waals surface area contributed by atoms with Crippen molar-refractivity contribution in [3.05, 3.63) is 46.5 Å². The number of hydrogen-bond donors (Lipinski definition) is 1. The lowest BCUT2D eigenvalue weighted by atomic mass is 10.1. The Bertz CT molecular complexity index is 749. The number of thiophene rings is 1. The number of piperidine rings is 1. The van der Waals surface area contributed by atoms with Gasteiger partial charge in [0.1, 0.15) is 5.76 Å². The molecule has 0 amide bonds. The lowest BCUT2D eigenvalue weighted by Crippen LogP contribution is -2.48. The van der Waals surface area contributed by atoms with Crippen LogP contribution in [-0.4, -0.2) is 62.5 Å². The average molecular weight is 446 g/mol. The maximum atomic E-state index is 6.19. The van der Waals surface area contributed by atoms with Crippen molar-refractivity contribution in [1.82, 2.24) is 10.2 Å². The smallest absolute Gasteiger partial charge is 0.193 e. The van der Waals surface area contributed by atoms with Crippen molar-refractivity contribution >= 4 is 17.3 Å². The van der Waals surface area contributed by atoms with Crippen LogP contribution in [0.2, 0.25) is 0 Å². The second kappa shape index (κ2) is 12.3. The van der Waals surface area contributed by atoms with E-state index in [1.807, 2.05) is 12.1 Å². The van der Waals surface area contributed by atoms with Gasteiger partial charge in [0.05, 0.1) is 25.1 Å². The lowest BCUT2D eigenvalue weighted by molar-refractivity contribution is -0.0721. The van der Waals surface area contributed by atoms with Crippen LogP contribution in [0.4, 0.5) is 0 Å². The van der Waals surface area contributed by atoms with Gasteiger partial charge in [0.25, 0.3) is 0 Å². The summed E-state index contributed by atoms with van der Waals surface area (Å²) in [6, 6.07) is 8.25. The molecule has 4 heterocycles. The molecule has 1 unspecified atom stereocenters. The van der Waals surface area contributed by atoms with E-state index in [2.05, 4.69) is 27.7 Å². The second-order valence-electron chi connectivity index (χ2n) is 8.30. The molecule has 31 heavy (non-hydrogen) atoms. The normalized spacial score (nSPS) is 20.8. The molecule has 0 radical (unpaired) electrons. The Morgan fingerprint density at radius 1 is 1.16 bits per heavy atom. The maximum Gasteiger partial charge on any atom is 0.193 e. The molecule has 2 aliphatic heterocycles. The highest BCUT2D eigenvalue weighted by Crippen LogP contribution is 2.18. The molecule has 170 valence electrons. The van der Waals surface area contributed by atoms with Crippen molar-refractivity contribution in [3.63, 3.8) is 0 Å². The third-order valence-electron chi connectivity index (χ3n) is 5.97. The summed E-state index contributed by atoms with van der Waals surface area (Å²) in [7, 11) is 0. The molecule has 2 saturated heterocycles. The predicted molar refractivity (Wildman–Crippen MR) is 125 cm³/mol. The Balaban J connectivity index is 1.24. The van der Waals surface area contributed by atoms with Gasteiger partial charge in [-0.3, -0.25) is 4.99 Å². The fourth-order valence-corrected chi connectivity index (χ4v) is 4.86. The van der Waals surface area contributed by atoms with E-state index in [4.69, 9.17) is 18.9 Å². The Labute approximate surface area is 189 Å². The third-order valence-corrected chi connectivity index (χ3v) is 6.90. The third kappa shape index (κ3) is 7.37. The first-order chi connectivity index (χ1) is 15.4. The minimum Gasteiger partial charge on any atom is -0.469 e. The van der Waals surface area contributed by atoms with E-state index in [1.54, 1.807) is 17.6 Å². The molecule has 0 aliphatic carbocycles. The van der Waals surface area contributed by atoms with Crippen LogP contribution in [0.3, 0.4) is 0 Å². The molecule has 0 aromatic carbocycles. The molecule has 0 bridgehead atoms. The highest BCUT2D eigenvalue weighted by Gasteiger charge is 2.24. The molecule has 2 aromatic heterocycles. The summed E-state index contributed by atoms with van der Waals surface area (Å²) in [6.07, 6.45) is 9.88. The maximum absolute atomic E-state index is 6.19. The van der Waals surface area contributed by atoms with Gasteiger partial charge in [-0.1, -0.05) is 6.07 Å². The van der Waals surface area contributed by atoms with Crippen molar-refractivity contribution in [2.75, 3.05) is 39.4 Å². The number of ether oxygens (including phenoxy) is 2. The molecule has 0 saturated carbocycles. The molecule has 1 atom stereocenters. The first-order valence-electron chi connectivity index (χ1n) is 11.7. The Hall–Kier alpha value is -1.83. The topological polar surface area (TPSA) is 59.2 Å². The molecule has 2 fully saturated rings. The van der Waals surface area contributed by atoms with E-state index < -0.39 is 0 Å². The number of likely N-dealkylation sites (tertiary alicyclic amines) is 1. The molecular formula is C24H35N3O3S. The van der Waals surface area contributed by atoms with Crippen LogP contribution in [-0.2, 0) is 22.3 Å². The zero-order chi connectivity index (χ0) is 21.1. The van der Waals surface area contributed by atoms with Crippen LogP contribution in [0.25, 0.3) is 0 Å². The van der Waals surface area contributed by atoms with Crippen LogP contribution in [0.1, 0.15) is 42.7 Å². The van der Waals surface area contributed by atoms with Crippen molar-refractivity contribution in [2.45, 2.75) is 57.2 Å². The Morgan fingerprint density at radius 3 is 2.84 bits per heavy atom. The van der Waals surface area contributed by atoms with Gasteiger partial charge in [0.15, 0.2) is 5.96 Å². The van der Waals surface area contributed by atoms with Gasteiger partial charge in [0, 0.05) is 50.5 Å². The minimum absolute atomic E-state index is 0.296. The van der Waals surface area contributed by atoms with E-state index in [9.17, 15) is 0 Å². The van der Waals surface area contributed by atoms with Crippen molar-refractivity contribution in [1.29, 1.82) is 0 Å². The van der Waals surface area contributed by atoms with Crippen molar-refractivity contribution in [3.8, 4) is 0 Å². The summed E-state index contributed by atoms with van der Waals surface area (Å²) < 4.78 is 17.5. The van der Waals surface area contributed by atoms with Crippen molar-refractivity contribution in [2.24, 2.45) is 4.99 Å². The molecule has 7 heteroatoms. The van der Waals surface area contributed by atoms with E-state index in [1.165, 1.54) is 17.7 Å². The summed E-state index contributed by atoms with van der Waals surface area (Å²) in [4.78, 5) is 8.70. The Kier molecular flexibility index (Phi) is 8.85. The lowest BCUT2D eigenvalue weighted by Gasteiger charge is -2.35. The van der Waals surface area contributed by atoms with Gasteiger partial charge in [-0.2, -0.15) is 0 Å². The summed E-state index contributed by atoms with van der Waals surface area (Å²) in [5, 5.41) is 5.69. The number of nitrogens with zero attached hydrogens (tertiary/aromatic N) is 2. The molecule has 2 aromatic rings. The first kappa shape index (κ1) is 22.4. The van der Waals surface area contributed by atoms with Gasteiger partial charge in [-0.05, 0) is 55.7 Å². The molecule has 4 rings (SSSR count). The van der Waals surface area contributed by atoms with Gasteiger partial charge in [-0.25, -0.2) is 0 Å². The van der Waals surface area contributed by atoms with E-state index in [0.717, 1.165) is 83.2 Å². The number of furan rings is 1. The van der Waals surface area contributed by atoms with E-state index in [-0.39, 0.29) is 0 Å². The summed E-state index contributed by atoms with van der Waals surface area (Å²) in [5.74, 6) is 2.01. The van der Waals surface area contributed by atoms with Gasteiger partial charge < -0.3 is 24.1 Å². The van der Waals surface area contributed by atoms with E-state index >= 15 is 0 Å². The fraction of sp³-hybridized carbons (Fsp3) is 0.625. The quantitative estimate of drug-likeness (QED) is 0.465. The zero-order valence-corrected chi connectivity index (χ0v) is 19.2. The summed E-state index contributed by atoms with van der Waals surface area (Å²) in [5.41, 5.74) is 0.